The highest BCUT2D eigenvalue weighted by molar-refractivity contribution is 6.29. The van der Waals surface area contributed by atoms with Gasteiger partial charge in [0.05, 0.1) is 11.0 Å². The van der Waals surface area contributed by atoms with Gasteiger partial charge in [-0.25, -0.2) is 19.9 Å². The van der Waals surface area contributed by atoms with E-state index in [1.54, 1.807) is 0 Å². The molecular weight excluding hydrogens is 1040 g/mol. The zero-order valence-electron chi connectivity index (χ0n) is 46.8. The third-order valence-electron chi connectivity index (χ3n) is 18.3. The fourth-order valence-electron chi connectivity index (χ4n) is 14.2. The third-order valence-corrected chi connectivity index (χ3v) is 18.3. The largest absolute Gasteiger partial charge is 0.327 e. The van der Waals surface area contributed by atoms with Crippen molar-refractivity contribution in [2.75, 3.05) is 0 Å². The molecule has 2 aliphatic carbocycles. The Bertz CT molecular complexity index is 5740. The molecule has 0 spiro atoms. The molecule has 0 fully saturated rings. The number of hydrogen-bond acceptors (Lipinski definition) is 4. The summed E-state index contributed by atoms with van der Waals surface area (Å²) in [4.78, 5) is 17.5. The molecule has 15 aromatic carbocycles. The molecule has 0 atom stereocenters. The number of hydrogen-bond donors (Lipinski definition) is 0. The van der Waals surface area contributed by atoms with E-state index >= 15 is 0 Å². The van der Waals surface area contributed by atoms with Crippen molar-refractivity contribution in [3.63, 3.8) is 0 Å². The minimum absolute atomic E-state index is 0.684. The van der Waals surface area contributed by atoms with Gasteiger partial charge in [0.15, 0.2) is 5.82 Å². The third kappa shape index (κ3) is 7.44. The van der Waals surface area contributed by atoms with E-state index in [1.165, 1.54) is 161 Å². The Labute approximate surface area is 495 Å². The van der Waals surface area contributed by atoms with Crippen molar-refractivity contribution in [1.82, 2.24) is 24.5 Å². The maximum atomic E-state index is 4.96. The summed E-state index contributed by atoms with van der Waals surface area (Å²) >= 11 is 0. The molecule has 0 N–H and O–H groups in total. The number of rotatable bonds is 5. The van der Waals surface area contributed by atoms with E-state index in [9.17, 15) is 0 Å². The smallest absolute Gasteiger partial charge is 0.162 e. The zero-order chi connectivity index (χ0) is 56.6. The van der Waals surface area contributed by atoms with Crippen LogP contribution in [0.2, 0.25) is 0 Å². The molecule has 5 heteroatoms. The number of fused-ring (bicyclic) bond motifs is 14. The Balaban J connectivity index is 0.000000137. The van der Waals surface area contributed by atoms with Crippen LogP contribution in [0.5, 0.6) is 0 Å². The van der Waals surface area contributed by atoms with Crippen LogP contribution in [-0.4, -0.2) is 24.5 Å². The molecule has 0 aliphatic heterocycles. The molecule has 0 saturated carbocycles. The van der Waals surface area contributed by atoms with Gasteiger partial charge in [-0.1, -0.05) is 200 Å². The molecule has 0 unspecified atom stereocenters. The van der Waals surface area contributed by atoms with Crippen LogP contribution < -0.4 is 0 Å². The van der Waals surface area contributed by atoms with Gasteiger partial charge in [0.1, 0.15) is 18.5 Å². The number of imidazole rings is 1. The lowest BCUT2D eigenvalue weighted by Crippen LogP contribution is -1.93. The summed E-state index contributed by atoms with van der Waals surface area (Å²) in [6.45, 7) is 0. The van der Waals surface area contributed by atoms with Gasteiger partial charge in [0.25, 0.3) is 0 Å². The van der Waals surface area contributed by atoms with Crippen LogP contribution >= 0.6 is 0 Å². The first-order valence-electron chi connectivity index (χ1n) is 29.4. The fourth-order valence-corrected chi connectivity index (χ4v) is 14.2. The van der Waals surface area contributed by atoms with Crippen molar-refractivity contribution < 1.29 is 0 Å². The summed E-state index contributed by atoms with van der Waals surface area (Å²) in [5.74, 6) is 1.67. The van der Waals surface area contributed by atoms with Gasteiger partial charge in [-0.2, -0.15) is 0 Å². The first-order chi connectivity index (χ1) is 42.5. The Morgan fingerprint density at radius 1 is 0.267 bits per heavy atom. The van der Waals surface area contributed by atoms with Crippen LogP contribution in [0.15, 0.2) is 280 Å². The molecule has 0 amide bonds. The first-order valence-corrected chi connectivity index (χ1v) is 29.4. The summed E-state index contributed by atoms with van der Waals surface area (Å²) in [7, 11) is 2.10. The number of para-hydroxylation sites is 2. The Kier molecular flexibility index (Phi) is 10.5. The lowest BCUT2D eigenvalue weighted by atomic mass is 9.89. The molecule has 2 aromatic heterocycles. The Morgan fingerprint density at radius 2 is 0.698 bits per heavy atom. The van der Waals surface area contributed by atoms with Crippen molar-refractivity contribution in [2.24, 2.45) is 7.05 Å². The van der Waals surface area contributed by atoms with Crippen LogP contribution in [0.25, 0.3) is 187 Å². The highest BCUT2D eigenvalue weighted by atomic mass is 15.1. The van der Waals surface area contributed by atoms with E-state index in [-0.39, 0.29) is 0 Å². The normalized spacial score (nSPS) is 12.0. The Hall–Kier alpha value is -11.4. The molecule has 0 radical (unpaired) electrons. The molecule has 86 heavy (non-hydrogen) atoms. The number of aryl methyl sites for hydroxylation is 1. The Morgan fingerprint density at radius 3 is 1.33 bits per heavy atom. The van der Waals surface area contributed by atoms with Crippen molar-refractivity contribution >= 4 is 86.4 Å². The second kappa shape index (κ2) is 18.8. The maximum Gasteiger partial charge on any atom is 0.162 e. The van der Waals surface area contributed by atoms with Crippen molar-refractivity contribution in [1.29, 1.82) is 0 Å². The van der Waals surface area contributed by atoms with Crippen LogP contribution in [-0.2, 0) is 7.05 Å². The van der Waals surface area contributed by atoms with E-state index in [0.717, 1.165) is 33.4 Å². The quantitative estimate of drug-likeness (QED) is 0.161. The predicted molar refractivity (Wildman–Crippen MR) is 359 cm³/mol. The van der Waals surface area contributed by atoms with Gasteiger partial charge in [-0.05, 0) is 220 Å². The molecule has 19 rings (SSSR count). The van der Waals surface area contributed by atoms with Crippen LogP contribution in [0.4, 0.5) is 0 Å². The van der Waals surface area contributed by atoms with E-state index in [1.807, 2.05) is 6.07 Å². The van der Waals surface area contributed by atoms with Crippen LogP contribution in [0, 0.1) is 0 Å². The summed E-state index contributed by atoms with van der Waals surface area (Å²) < 4.78 is 2.19. The van der Waals surface area contributed by atoms with E-state index < -0.39 is 0 Å². The van der Waals surface area contributed by atoms with Gasteiger partial charge >= 0.3 is 0 Å². The second-order valence-electron chi connectivity index (χ2n) is 23.0. The van der Waals surface area contributed by atoms with Crippen LogP contribution in [0.1, 0.15) is 0 Å². The highest BCUT2D eigenvalue weighted by Gasteiger charge is 2.27. The summed E-state index contributed by atoms with van der Waals surface area (Å²) in [5.41, 5.74) is 22.3. The van der Waals surface area contributed by atoms with Gasteiger partial charge in [-0.3, -0.25) is 0 Å². The average Bonchev–Trinajstić information content (AvgIpc) is 1.62. The van der Waals surface area contributed by atoms with Gasteiger partial charge in [-0.15, -0.1) is 0 Å². The van der Waals surface area contributed by atoms with Gasteiger partial charge in [0.2, 0.25) is 0 Å². The topological polar surface area (TPSA) is 56.5 Å². The number of nitrogens with zero attached hydrogens (tertiary/aromatic N) is 5. The molecule has 0 saturated heterocycles. The molecule has 17 aromatic rings. The lowest BCUT2D eigenvalue weighted by molar-refractivity contribution is 0.959. The van der Waals surface area contributed by atoms with Crippen molar-refractivity contribution in [2.45, 2.75) is 0 Å². The minimum Gasteiger partial charge on any atom is -0.327 e. The molecule has 5 nitrogen and oxygen atoms in total. The summed E-state index contributed by atoms with van der Waals surface area (Å²) in [6, 6.07) is 97.9. The van der Waals surface area contributed by atoms with Crippen LogP contribution in [0.3, 0.4) is 0 Å². The van der Waals surface area contributed by atoms with E-state index in [4.69, 9.17) is 4.98 Å². The van der Waals surface area contributed by atoms with Crippen molar-refractivity contribution in [3.05, 3.63) is 280 Å². The molecule has 2 heterocycles. The molecule has 2 aliphatic rings. The number of aromatic nitrogens is 5. The monoisotopic (exact) mass is 1090 g/mol. The highest BCUT2D eigenvalue weighted by Crippen LogP contribution is 2.54. The number of benzene rings is 15. The second-order valence-corrected chi connectivity index (χ2v) is 23.0. The molecule has 0 bridgehead atoms. The predicted octanol–water partition coefficient (Wildman–Crippen LogP) is 21.1. The van der Waals surface area contributed by atoms with E-state index in [2.05, 4.69) is 287 Å². The maximum absolute atomic E-state index is 4.96. The van der Waals surface area contributed by atoms with Gasteiger partial charge < -0.3 is 4.57 Å². The van der Waals surface area contributed by atoms with E-state index in [0.29, 0.717) is 5.82 Å². The zero-order valence-corrected chi connectivity index (χ0v) is 46.8. The molecule has 398 valence electrons. The SMILES string of the molecule is Cn1c(-c2cccc(-c3ccc4c5c(cc6ccccc6c35)-c3ccccc3-4)c2)nc2ccccc21.c1ccc2cc3c(cc2c1)-c1ccc(-c2ccc4cc(-c5ccc6cc(-c7ncncn7)ccc6c5)ccc4c2)c2c1c-3cc1ccccc12. The average molecular weight is 1090 g/mol. The van der Waals surface area contributed by atoms with Crippen molar-refractivity contribution in [3.8, 4) is 101 Å². The molecular formula is C81H49N5. The summed E-state index contributed by atoms with van der Waals surface area (Å²) in [6.07, 6.45) is 3.07. The standard InChI is InChI=1S/C47H27N3.C34H22N2/c1-2-6-29-24-43-42(23-28(29)5-1)41-18-17-40(45-39-8-4-3-7-36(39)25-44(43)46(41)45)37-15-13-32-19-30(9-11-34(32)21-37)31-10-12-35-22-38(16-14-33(35)20-31)47-49-26-48-27-50-47;1-36-31-16-7-6-15-30(31)35-34(36)23-11-8-10-21(19-23)25-17-18-28-26-13-4-5-14-27(26)29-20-22-9-2-3-12-24(22)32(25)33(28)29/h1-27H;2-20H,1H3. The minimum atomic E-state index is 0.684. The summed E-state index contributed by atoms with van der Waals surface area (Å²) in [5, 5.41) is 17.9. The fraction of sp³-hybridized carbons (Fsp3) is 0.0123. The lowest BCUT2D eigenvalue weighted by Gasteiger charge is -2.14. The first kappa shape index (κ1) is 48.2. The van der Waals surface area contributed by atoms with Gasteiger partial charge in [0, 0.05) is 18.2 Å².